The molecule has 1 amide bonds. The van der Waals surface area contributed by atoms with Gasteiger partial charge in [0, 0.05) is 17.3 Å². The number of hydrogen-bond donors (Lipinski definition) is 4. The van der Waals surface area contributed by atoms with Gasteiger partial charge >= 0.3 is 12.1 Å². The lowest BCUT2D eigenvalue weighted by molar-refractivity contribution is -0.113. The molecule has 0 bridgehead atoms. The number of anilines is 1. The van der Waals surface area contributed by atoms with E-state index in [9.17, 15) is 23.9 Å². The molecule has 0 unspecified atom stereocenters. The first-order valence-electron chi connectivity index (χ1n) is 10.7. The number of alkyl carbamates (subject to hydrolysis) is 1. The van der Waals surface area contributed by atoms with Crippen LogP contribution in [0.5, 0.6) is 5.75 Å². The van der Waals surface area contributed by atoms with Crippen LogP contribution in [-0.4, -0.2) is 47.2 Å². The quantitative estimate of drug-likeness (QED) is 0.293. The van der Waals surface area contributed by atoms with E-state index in [0.29, 0.717) is 0 Å². The van der Waals surface area contributed by atoms with Crippen LogP contribution >= 0.6 is 0 Å². The molecule has 0 saturated carbocycles. The molecule has 6 N–H and O–H groups in total. The van der Waals surface area contributed by atoms with Crippen LogP contribution in [0.3, 0.4) is 0 Å². The minimum absolute atomic E-state index is 0.0186. The summed E-state index contributed by atoms with van der Waals surface area (Å²) >= 11 is 0. The van der Waals surface area contributed by atoms with E-state index in [-0.39, 0.29) is 39.7 Å². The number of rotatable bonds is 9. The molecular weight excluding hydrogens is 475 g/mol. The third-order valence-corrected chi connectivity index (χ3v) is 4.69. The van der Waals surface area contributed by atoms with Gasteiger partial charge in [0.25, 0.3) is 0 Å². The van der Waals surface area contributed by atoms with Crippen LogP contribution in [0.25, 0.3) is 5.57 Å². The van der Waals surface area contributed by atoms with Gasteiger partial charge in [-0.25, -0.2) is 19.0 Å². The standard InChI is InChI=1S/C24H29FN4O7/c1-12(16-9-14(25)6-7-15(16)22(31)32)35-18-8-13(10-28-20(18)26)19(21(27)34-5)17(30)11-29-23(33)36-24(2,3)4/h6-10,12H,11,27H2,1-5H3,(H2,26,28)(H,29,33)(H,31,32)/t12-/m1/s1. The number of ether oxygens (including phenoxy) is 3. The third kappa shape index (κ3) is 7.32. The van der Waals surface area contributed by atoms with Crippen molar-refractivity contribution in [3.63, 3.8) is 0 Å². The van der Waals surface area contributed by atoms with Crippen molar-refractivity contribution >= 4 is 29.2 Å². The van der Waals surface area contributed by atoms with Crippen LogP contribution in [-0.2, 0) is 14.3 Å². The summed E-state index contributed by atoms with van der Waals surface area (Å²) in [7, 11) is 1.26. The van der Waals surface area contributed by atoms with Gasteiger partial charge in [-0.15, -0.1) is 0 Å². The number of amides is 1. The number of pyridine rings is 1. The Kier molecular flexibility index (Phi) is 8.82. The zero-order valence-electron chi connectivity index (χ0n) is 20.5. The normalized spacial score (nSPS) is 12.7. The molecule has 0 saturated heterocycles. The highest BCUT2D eigenvalue weighted by Gasteiger charge is 2.24. The second-order valence-electron chi connectivity index (χ2n) is 8.63. The molecule has 194 valence electrons. The number of nitrogens with one attached hydrogen (secondary N) is 1. The van der Waals surface area contributed by atoms with E-state index < -0.39 is 41.9 Å². The predicted molar refractivity (Wildman–Crippen MR) is 128 cm³/mol. The molecule has 1 aromatic carbocycles. The fourth-order valence-electron chi connectivity index (χ4n) is 3.10. The number of carbonyl (C=O) groups excluding carboxylic acids is 2. The largest absolute Gasteiger partial charge is 0.482 e. The number of carboxylic acid groups (broad SMARTS) is 1. The average Bonchev–Trinajstić information content (AvgIpc) is 2.78. The van der Waals surface area contributed by atoms with Gasteiger partial charge in [-0.2, -0.15) is 0 Å². The fourth-order valence-corrected chi connectivity index (χ4v) is 3.10. The van der Waals surface area contributed by atoms with Gasteiger partial charge in [-0.05, 0) is 52.0 Å². The Bertz CT molecular complexity index is 1190. The molecular formula is C24H29FN4O7. The summed E-state index contributed by atoms with van der Waals surface area (Å²) in [5, 5.41) is 11.8. The summed E-state index contributed by atoms with van der Waals surface area (Å²) in [6, 6.07) is 4.55. The van der Waals surface area contributed by atoms with E-state index in [1.165, 1.54) is 26.3 Å². The van der Waals surface area contributed by atoms with Crippen molar-refractivity contribution in [3.05, 3.63) is 58.9 Å². The zero-order valence-corrected chi connectivity index (χ0v) is 20.5. The van der Waals surface area contributed by atoms with Gasteiger partial charge in [0.05, 0.1) is 24.8 Å². The minimum atomic E-state index is -1.26. The molecule has 2 aromatic rings. The lowest BCUT2D eigenvalue weighted by Gasteiger charge is -2.20. The molecule has 0 aliphatic rings. The number of carbonyl (C=O) groups is 3. The molecule has 1 heterocycles. The first kappa shape index (κ1) is 27.9. The number of Topliss-reactive ketones (excluding diaryl/α,β-unsaturated/α-hetero) is 1. The van der Waals surface area contributed by atoms with Crippen molar-refractivity contribution < 1.29 is 38.1 Å². The minimum Gasteiger partial charge on any atom is -0.482 e. The zero-order chi connectivity index (χ0) is 27.2. The van der Waals surface area contributed by atoms with Gasteiger partial charge in [-0.3, -0.25) is 4.79 Å². The van der Waals surface area contributed by atoms with Crippen LogP contribution in [0.4, 0.5) is 15.0 Å². The van der Waals surface area contributed by atoms with Gasteiger partial charge in [0.1, 0.15) is 17.5 Å². The molecule has 2 rings (SSSR count). The van der Waals surface area contributed by atoms with E-state index in [0.717, 1.165) is 18.2 Å². The summed E-state index contributed by atoms with van der Waals surface area (Å²) in [6.07, 6.45) is -0.503. The molecule has 1 atom stereocenters. The maximum Gasteiger partial charge on any atom is 0.408 e. The molecule has 0 fully saturated rings. The molecule has 0 aliphatic carbocycles. The summed E-state index contributed by atoms with van der Waals surface area (Å²) in [5.41, 5.74) is 11.0. The molecule has 1 aromatic heterocycles. The first-order chi connectivity index (χ1) is 16.7. The van der Waals surface area contributed by atoms with Crippen LogP contribution < -0.4 is 21.5 Å². The number of ketones is 1. The van der Waals surface area contributed by atoms with Crippen molar-refractivity contribution in [3.8, 4) is 5.75 Å². The Morgan fingerprint density at radius 2 is 1.89 bits per heavy atom. The van der Waals surface area contributed by atoms with Gasteiger partial charge < -0.3 is 36.1 Å². The number of aromatic nitrogens is 1. The van der Waals surface area contributed by atoms with Crippen molar-refractivity contribution in [2.24, 2.45) is 5.73 Å². The smallest absolute Gasteiger partial charge is 0.408 e. The van der Waals surface area contributed by atoms with Gasteiger partial charge in [0.15, 0.2) is 23.2 Å². The maximum atomic E-state index is 13.8. The SMILES string of the molecule is COC(N)=C(C(=O)CNC(=O)OC(C)(C)C)c1cnc(N)c(O[C@H](C)c2cc(F)ccc2C(=O)O)c1. The monoisotopic (exact) mass is 504 g/mol. The van der Waals surface area contributed by atoms with Crippen molar-refractivity contribution in [1.82, 2.24) is 10.3 Å². The lowest BCUT2D eigenvalue weighted by atomic mass is 10.0. The number of nitrogen functional groups attached to an aromatic ring is 1. The average molecular weight is 505 g/mol. The second-order valence-corrected chi connectivity index (χ2v) is 8.63. The molecule has 0 spiro atoms. The molecule has 12 heteroatoms. The molecule has 36 heavy (non-hydrogen) atoms. The number of benzene rings is 1. The second kappa shape index (κ2) is 11.4. The Morgan fingerprint density at radius 3 is 2.47 bits per heavy atom. The molecule has 0 radical (unpaired) electrons. The first-order valence-corrected chi connectivity index (χ1v) is 10.7. The van der Waals surface area contributed by atoms with E-state index in [1.807, 2.05) is 0 Å². The maximum absolute atomic E-state index is 13.8. The number of methoxy groups -OCH3 is 1. The summed E-state index contributed by atoms with van der Waals surface area (Å²) < 4.78 is 29.7. The van der Waals surface area contributed by atoms with Crippen LogP contribution in [0, 0.1) is 5.82 Å². The fraction of sp³-hybridized carbons (Fsp3) is 0.333. The highest BCUT2D eigenvalue weighted by atomic mass is 19.1. The van der Waals surface area contributed by atoms with Crippen molar-refractivity contribution in [1.29, 1.82) is 0 Å². The Morgan fingerprint density at radius 1 is 1.22 bits per heavy atom. The lowest BCUT2D eigenvalue weighted by Crippen LogP contribution is -2.36. The van der Waals surface area contributed by atoms with Crippen molar-refractivity contribution in [2.45, 2.75) is 39.4 Å². The van der Waals surface area contributed by atoms with Gasteiger partial charge in [-0.1, -0.05) is 0 Å². The van der Waals surface area contributed by atoms with E-state index in [4.69, 9.17) is 25.7 Å². The predicted octanol–water partition coefficient (Wildman–Crippen LogP) is 3.01. The number of carboxylic acids is 1. The third-order valence-electron chi connectivity index (χ3n) is 4.69. The number of nitrogens with zero attached hydrogens (tertiary/aromatic N) is 1. The van der Waals surface area contributed by atoms with Crippen LogP contribution in [0.15, 0.2) is 36.3 Å². The van der Waals surface area contributed by atoms with E-state index in [2.05, 4.69) is 10.3 Å². The summed E-state index contributed by atoms with van der Waals surface area (Å²) in [6.45, 7) is 6.07. The number of hydrogen-bond acceptors (Lipinski definition) is 9. The topological polar surface area (TPSA) is 176 Å². The summed E-state index contributed by atoms with van der Waals surface area (Å²) in [5.74, 6) is -2.88. The number of aromatic carboxylic acids is 1. The Labute approximate surface area is 207 Å². The molecule has 11 nitrogen and oxygen atoms in total. The van der Waals surface area contributed by atoms with E-state index in [1.54, 1.807) is 20.8 Å². The highest BCUT2D eigenvalue weighted by molar-refractivity contribution is 6.22. The van der Waals surface area contributed by atoms with Gasteiger partial charge in [0.2, 0.25) is 0 Å². The van der Waals surface area contributed by atoms with E-state index >= 15 is 0 Å². The van der Waals surface area contributed by atoms with Crippen LogP contribution in [0.2, 0.25) is 0 Å². The highest BCUT2D eigenvalue weighted by Crippen LogP contribution is 2.31. The van der Waals surface area contributed by atoms with Crippen molar-refractivity contribution in [2.75, 3.05) is 19.4 Å². The molecule has 0 aliphatic heterocycles. The van der Waals surface area contributed by atoms with Crippen LogP contribution in [0.1, 0.15) is 55.3 Å². The number of nitrogens with two attached hydrogens (primary N) is 2. The Hall–Kier alpha value is -4.35. The summed E-state index contributed by atoms with van der Waals surface area (Å²) in [4.78, 5) is 40.4. The Balaban J connectivity index is 2.35. The number of halogens is 1.